The second-order valence-electron chi connectivity index (χ2n) is 10.2. The zero-order valence-corrected chi connectivity index (χ0v) is 23.4. The second kappa shape index (κ2) is 11.0. The quantitative estimate of drug-likeness (QED) is 0.207. The minimum atomic E-state index is -0.515. The molecule has 0 spiro atoms. The number of nitrogens with one attached hydrogen (secondary N) is 2. The molecule has 6 rings (SSSR count). The van der Waals surface area contributed by atoms with Crippen LogP contribution in [-0.4, -0.2) is 48.5 Å². The van der Waals surface area contributed by atoms with E-state index in [4.69, 9.17) is 9.15 Å². The average Bonchev–Trinajstić information content (AvgIpc) is 3.72. The summed E-state index contributed by atoms with van der Waals surface area (Å²) in [6.07, 6.45) is 4.08. The van der Waals surface area contributed by atoms with E-state index in [1.807, 2.05) is 13.0 Å². The molecule has 0 bridgehead atoms. The summed E-state index contributed by atoms with van der Waals surface area (Å²) in [5.41, 5.74) is 5.09. The monoisotopic (exact) mass is 581 g/mol. The summed E-state index contributed by atoms with van der Waals surface area (Å²) in [5, 5.41) is 9.95. The number of nitrogens with zero attached hydrogens (tertiary/aromatic N) is 5. The molecule has 0 saturated heterocycles. The lowest BCUT2D eigenvalue weighted by atomic mass is 9.98. The van der Waals surface area contributed by atoms with Crippen molar-refractivity contribution in [3.63, 3.8) is 0 Å². The van der Waals surface area contributed by atoms with E-state index in [0.717, 1.165) is 22.3 Å². The van der Waals surface area contributed by atoms with Crippen LogP contribution >= 0.6 is 0 Å². The predicted molar refractivity (Wildman–Crippen MR) is 154 cm³/mol. The van der Waals surface area contributed by atoms with E-state index in [0.29, 0.717) is 29.5 Å². The molecule has 3 heterocycles. The number of benzene rings is 2. The number of hydrogen-bond donors (Lipinski definition) is 2. The van der Waals surface area contributed by atoms with Gasteiger partial charge in [0.25, 0.3) is 17.6 Å². The van der Waals surface area contributed by atoms with Gasteiger partial charge in [-0.1, -0.05) is 24.8 Å². The molecule has 1 atom stereocenters. The largest absolute Gasteiger partial charge is 0.458 e. The van der Waals surface area contributed by atoms with Crippen molar-refractivity contribution in [2.75, 3.05) is 6.61 Å². The van der Waals surface area contributed by atoms with E-state index in [9.17, 15) is 19.2 Å². The number of oxazole rings is 1. The van der Waals surface area contributed by atoms with Crippen LogP contribution in [0.1, 0.15) is 66.1 Å². The molecule has 1 aliphatic carbocycles. The maximum Gasteiger partial charge on any atom is 0.419 e. The summed E-state index contributed by atoms with van der Waals surface area (Å²) in [6, 6.07) is 9.76. The van der Waals surface area contributed by atoms with Gasteiger partial charge in [0.1, 0.15) is 24.3 Å². The standard InChI is InChI=1S/C30H27N7O6/c1-4-11-42-28(40)19-6-7-20-18(16(19)2)8-9-21(20)34-27(39)24-13-22(35-29-32-15-33-37(24)29)26(38)31-14-17-5-10-25-23(12-17)36(3)30(41)43-25/h4-7,10,12-13,15,21H,1,8-9,11,14H2,2-3H3,(H,31,38)(H,34,39)/t21-/m0/s1. The Balaban J connectivity index is 1.20. The van der Waals surface area contributed by atoms with E-state index in [1.54, 1.807) is 31.3 Å². The molecular formula is C30H27N7O6. The number of carbonyl (C=O) groups excluding carboxylic acids is 3. The van der Waals surface area contributed by atoms with E-state index in [-0.39, 0.29) is 36.4 Å². The number of fused-ring (bicyclic) bond motifs is 3. The Morgan fingerprint density at radius 3 is 2.84 bits per heavy atom. The maximum atomic E-state index is 13.5. The second-order valence-corrected chi connectivity index (χ2v) is 10.2. The number of aromatic nitrogens is 5. The van der Waals surface area contributed by atoms with Crippen LogP contribution in [0.4, 0.5) is 0 Å². The number of amides is 2. The minimum absolute atomic E-state index is 0.00668. The molecule has 2 aromatic carbocycles. The molecule has 0 fully saturated rings. The van der Waals surface area contributed by atoms with Crippen LogP contribution in [-0.2, 0) is 24.8 Å². The van der Waals surface area contributed by atoms with Crippen molar-refractivity contribution in [1.82, 2.24) is 34.8 Å². The summed E-state index contributed by atoms with van der Waals surface area (Å²) < 4.78 is 13.0. The normalized spacial score (nSPS) is 14.0. The van der Waals surface area contributed by atoms with Crippen molar-refractivity contribution in [3.8, 4) is 0 Å². The van der Waals surface area contributed by atoms with Gasteiger partial charge in [-0.15, -0.1) is 0 Å². The van der Waals surface area contributed by atoms with Crippen molar-refractivity contribution in [2.24, 2.45) is 7.05 Å². The molecule has 13 nitrogen and oxygen atoms in total. The molecule has 2 N–H and O–H groups in total. The van der Waals surface area contributed by atoms with Gasteiger partial charge in [-0.2, -0.15) is 14.6 Å². The van der Waals surface area contributed by atoms with Crippen LogP contribution in [0, 0.1) is 6.92 Å². The Kier molecular flexibility index (Phi) is 7.06. The van der Waals surface area contributed by atoms with Crippen molar-refractivity contribution in [1.29, 1.82) is 0 Å². The number of carbonyl (C=O) groups is 3. The Morgan fingerprint density at radius 2 is 2.02 bits per heavy atom. The molecule has 218 valence electrons. The number of ether oxygens (including phenoxy) is 1. The first-order valence-electron chi connectivity index (χ1n) is 13.5. The average molecular weight is 582 g/mol. The van der Waals surface area contributed by atoms with Crippen LogP contribution in [0.2, 0.25) is 0 Å². The van der Waals surface area contributed by atoms with Crippen molar-refractivity contribution in [3.05, 3.63) is 105 Å². The molecule has 13 heteroatoms. The Morgan fingerprint density at radius 1 is 1.19 bits per heavy atom. The minimum Gasteiger partial charge on any atom is -0.458 e. The maximum absolute atomic E-state index is 13.5. The van der Waals surface area contributed by atoms with Crippen LogP contribution < -0.4 is 16.4 Å². The van der Waals surface area contributed by atoms with Crippen molar-refractivity contribution >= 4 is 34.7 Å². The van der Waals surface area contributed by atoms with Crippen LogP contribution in [0.5, 0.6) is 0 Å². The molecule has 43 heavy (non-hydrogen) atoms. The molecule has 0 aliphatic heterocycles. The van der Waals surface area contributed by atoms with Crippen molar-refractivity contribution < 1.29 is 23.5 Å². The molecule has 3 aromatic heterocycles. The van der Waals surface area contributed by atoms with Crippen LogP contribution in [0.3, 0.4) is 0 Å². The highest BCUT2D eigenvalue weighted by molar-refractivity contribution is 5.98. The molecule has 0 unspecified atom stereocenters. The summed E-state index contributed by atoms with van der Waals surface area (Å²) in [6.45, 7) is 5.71. The molecule has 0 saturated carbocycles. The Labute approximate surface area is 244 Å². The number of esters is 1. The van der Waals surface area contributed by atoms with E-state index < -0.39 is 23.5 Å². The van der Waals surface area contributed by atoms with Crippen molar-refractivity contribution in [2.45, 2.75) is 32.4 Å². The number of aryl methyl sites for hydroxylation is 1. The summed E-state index contributed by atoms with van der Waals surface area (Å²) in [4.78, 5) is 59.2. The van der Waals surface area contributed by atoms with Gasteiger partial charge in [0, 0.05) is 19.7 Å². The number of hydrogen-bond acceptors (Lipinski definition) is 9. The fraction of sp³-hybridized carbons (Fsp3) is 0.233. The first kappa shape index (κ1) is 27.6. The number of rotatable bonds is 8. The van der Waals surface area contributed by atoms with E-state index in [1.165, 1.54) is 27.6 Å². The molecular weight excluding hydrogens is 554 g/mol. The highest BCUT2D eigenvalue weighted by Crippen LogP contribution is 2.35. The summed E-state index contributed by atoms with van der Waals surface area (Å²) in [5.74, 6) is -1.77. The molecule has 2 amide bonds. The topological polar surface area (TPSA) is 163 Å². The lowest BCUT2D eigenvalue weighted by molar-refractivity contribution is 0.0548. The lowest BCUT2D eigenvalue weighted by Crippen LogP contribution is -2.30. The highest BCUT2D eigenvalue weighted by Gasteiger charge is 2.29. The fourth-order valence-electron chi connectivity index (χ4n) is 5.34. The van der Waals surface area contributed by atoms with E-state index >= 15 is 0 Å². The molecule has 5 aromatic rings. The molecule has 0 radical (unpaired) electrons. The van der Waals surface area contributed by atoms with Gasteiger partial charge in [-0.05, 0) is 60.2 Å². The highest BCUT2D eigenvalue weighted by atomic mass is 16.5. The third-order valence-electron chi connectivity index (χ3n) is 7.58. The molecule has 1 aliphatic rings. The zero-order chi connectivity index (χ0) is 30.2. The smallest absolute Gasteiger partial charge is 0.419 e. The van der Waals surface area contributed by atoms with Gasteiger partial charge in [0.15, 0.2) is 5.58 Å². The predicted octanol–water partition coefficient (Wildman–Crippen LogP) is 2.57. The van der Waals surface area contributed by atoms with Gasteiger partial charge in [0.2, 0.25) is 0 Å². The van der Waals surface area contributed by atoms with Crippen LogP contribution in [0.25, 0.3) is 16.9 Å². The lowest BCUT2D eigenvalue weighted by Gasteiger charge is -2.16. The third-order valence-corrected chi connectivity index (χ3v) is 7.58. The summed E-state index contributed by atoms with van der Waals surface area (Å²) in [7, 11) is 1.60. The van der Waals surface area contributed by atoms with Gasteiger partial charge in [-0.25, -0.2) is 14.6 Å². The zero-order valence-electron chi connectivity index (χ0n) is 23.4. The summed E-state index contributed by atoms with van der Waals surface area (Å²) >= 11 is 0. The van der Waals surface area contributed by atoms with E-state index in [2.05, 4.69) is 32.3 Å². The fourth-order valence-corrected chi connectivity index (χ4v) is 5.34. The van der Waals surface area contributed by atoms with Gasteiger partial charge < -0.3 is 19.8 Å². The van der Waals surface area contributed by atoms with Gasteiger partial charge in [-0.3, -0.25) is 14.2 Å². The Hall–Kier alpha value is -5.59. The van der Waals surface area contributed by atoms with Gasteiger partial charge in [0.05, 0.1) is 17.1 Å². The first-order valence-corrected chi connectivity index (χ1v) is 13.5. The third kappa shape index (κ3) is 5.05. The SMILES string of the molecule is C=CCOC(=O)c1ccc2c(c1C)CC[C@@H]2NC(=O)c1cc(C(=O)NCc2ccc3oc(=O)n(C)c3c2)nc2ncnn12. The Bertz CT molecular complexity index is 2000. The van der Waals surface area contributed by atoms with Crippen LogP contribution in [0.15, 0.2) is 64.6 Å². The van der Waals surface area contributed by atoms with Gasteiger partial charge >= 0.3 is 11.7 Å². The first-order chi connectivity index (χ1) is 20.7.